The summed E-state index contributed by atoms with van der Waals surface area (Å²) in [5.41, 5.74) is 6.63. The van der Waals surface area contributed by atoms with Gasteiger partial charge < -0.3 is 11.1 Å². The van der Waals surface area contributed by atoms with Gasteiger partial charge in [0, 0.05) is 38.2 Å². The molecule has 0 saturated carbocycles. The first-order chi connectivity index (χ1) is 8.94. The molecule has 2 amide bonds. The van der Waals surface area contributed by atoms with Crippen molar-refractivity contribution in [3.63, 3.8) is 0 Å². The summed E-state index contributed by atoms with van der Waals surface area (Å²) in [4.78, 5) is 12.7. The third-order valence-electron chi connectivity index (χ3n) is 3.19. The summed E-state index contributed by atoms with van der Waals surface area (Å²) in [6.07, 6.45) is -0.182. The van der Waals surface area contributed by atoms with Crippen LogP contribution in [0.1, 0.15) is 18.4 Å². The lowest BCUT2D eigenvalue weighted by Crippen LogP contribution is -2.38. The van der Waals surface area contributed by atoms with Crippen molar-refractivity contribution in [2.24, 2.45) is 5.73 Å². The van der Waals surface area contributed by atoms with E-state index in [1.165, 1.54) is 0 Å². The van der Waals surface area contributed by atoms with E-state index in [9.17, 15) is 13.6 Å². The van der Waals surface area contributed by atoms with Crippen LogP contribution in [0.3, 0.4) is 0 Å². The summed E-state index contributed by atoms with van der Waals surface area (Å²) in [7, 11) is 0. The molecule has 104 valence electrons. The summed E-state index contributed by atoms with van der Waals surface area (Å²) in [6, 6.07) is 6.63. The van der Waals surface area contributed by atoms with Crippen molar-refractivity contribution >= 4 is 11.7 Å². The standard InChI is InChI=1S/C13H17F2N3O/c14-13(15)4-6-18(7-5-13)9-10-2-1-3-11(8-10)17-12(16)19/h1-3,8H,4-7,9H2,(H3,16,17,19). The first kappa shape index (κ1) is 13.7. The molecule has 19 heavy (non-hydrogen) atoms. The Hall–Kier alpha value is -1.69. The maximum Gasteiger partial charge on any atom is 0.316 e. The van der Waals surface area contributed by atoms with Crippen LogP contribution in [-0.4, -0.2) is 29.9 Å². The molecule has 1 aliphatic rings. The molecular weight excluding hydrogens is 252 g/mol. The normalized spacial score (nSPS) is 19.1. The Labute approximate surface area is 110 Å². The number of benzene rings is 1. The second-order valence-electron chi connectivity index (χ2n) is 4.82. The second-order valence-corrected chi connectivity index (χ2v) is 4.82. The minimum absolute atomic E-state index is 0.0910. The molecule has 0 radical (unpaired) electrons. The van der Waals surface area contributed by atoms with Gasteiger partial charge in [-0.05, 0) is 17.7 Å². The number of nitrogens with zero attached hydrogens (tertiary/aromatic N) is 1. The summed E-state index contributed by atoms with van der Waals surface area (Å²) in [5, 5.41) is 2.50. The zero-order valence-electron chi connectivity index (χ0n) is 10.5. The maximum absolute atomic E-state index is 13.0. The number of urea groups is 1. The molecule has 1 fully saturated rings. The lowest BCUT2D eigenvalue weighted by molar-refractivity contribution is -0.0566. The van der Waals surface area contributed by atoms with Crippen molar-refractivity contribution in [1.29, 1.82) is 0 Å². The summed E-state index contributed by atoms with van der Waals surface area (Å²) in [6.45, 7) is 1.38. The monoisotopic (exact) mass is 269 g/mol. The summed E-state index contributed by atoms with van der Waals surface area (Å²) in [5.74, 6) is -2.52. The number of piperidine rings is 1. The van der Waals surface area contributed by atoms with E-state index < -0.39 is 12.0 Å². The molecule has 2 rings (SSSR count). The van der Waals surface area contributed by atoms with E-state index in [0.29, 0.717) is 25.3 Å². The molecule has 0 bridgehead atoms. The first-order valence-electron chi connectivity index (χ1n) is 6.20. The fourth-order valence-corrected chi connectivity index (χ4v) is 2.19. The lowest BCUT2D eigenvalue weighted by atomic mass is 10.1. The Balaban J connectivity index is 1.94. The van der Waals surface area contributed by atoms with Gasteiger partial charge in [0.05, 0.1) is 0 Å². The molecule has 0 spiro atoms. The van der Waals surface area contributed by atoms with Gasteiger partial charge in [0.2, 0.25) is 0 Å². The predicted octanol–water partition coefficient (Wildman–Crippen LogP) is 2.41. The molecule has 0 aromatic heterocycles. The summed E-state index contributed by atoms with van der Waals surface area (Å²) < 4.78 is 26.1. The van der Waals surface area contributed by atoms with Gasteiger partial charge in [-0.1, -0.05) is 12.1 Å². The van der Waals surface area contributed by atoms with Gasteiger partial charge in [0.25, 0.3) is 5.92 Å². The van der Waals surface area contributed by atoms with Crippen LogP contribution in [0.15, 0.2) is 24.3 Å². The summed E-state index contributed by atoms with van der Waals surface area (Å²) >= 11 is 0. The smallest absolute Gasteiger partial charge is 0.316 e. The Bertz CT molecular complexity index is 455. The molecule has 0 atom stereocenters. The fourth-order valence-electron chi connectivity index (χ4n) is 2.19. The van der Waals surface area contributed by atoms with Gasteiger partial charge in [-0.15, -0.1) is 0 Å². The third-order valence-corrected chi connectivity index (χ3v) is 3.19. The number of nitrogens with two attached hydrogens (primary N) is 1. The van der Waals surface area contributed by atoms with Gasteiger partial charge in [-0.25, -0.2) is 13.6 Å². The largest absolute Gasteiger partial charge is 0.351 e. The van der Waals surface area contributed by atoms with Crippen molar-refractivity contribution in [3.8, 4) is 0 Å². The van der Waals surface area contributed by atoms with Crippen LogP contribution in [-0.2, 0) is 6.54 Å². The van der Waals surface area contributed by atoms with Crippen molar-refractivity contribution in [2.75, 3.05) is 18.4 Å². The van der Waals surface area contributed by atoms with Crippen LogP contribution in [0.2, 0.25) is 0 Å². The third kappa shape index (κ3) is 4.17. The van der Waals surface area contributed by atoms with Crippen LogP contribution in [0.5, 0.6) is 0 Å². The Morgan fingerprint density at radius 2 is 2.05 bits per heavy atom. The Morgan fingerprint density at radius 3 is 2.68 bits per heavy atom. The second kappa shape index (κ2) is 5.52. The SMILES string of the molecule is NC(=O)Nc1cccc(CN2CCC(F)(F)CC2)c1. The highest BCUT2D eigenvalue weighted by atomic mass is 19.3. The predicted molar refractivity (Wildman–Crippen MR) is 69.1 cm³/mol. The highest BCUT2D eigenvalue weighted by molar-refractivity contribution is 5.87. The maximum atomic E-state index is 13.0. The average Bonchev–Trinajstić information content (AvgIpc) is 2.32. The van der Waals surface area contributed by atoms with E-state index in [-0.39, 0.29) is 12.8 Å². The molecule has 6 heteroatoms. The molecular formula is C13H17F2N3O. The number of carbonyl (C=O) groups is 1. The number of carbonyl (C=O) groups excluding carboxylic acids is 1. The highest BCUT2D eigenvalue weighted by Crippen LogP contribution is 2.28. The van der Waals surface area contributed by atoms with Gasteiger partial charge in [0.15, 0.2) is 0 Å². The number of halogens is 2. The Morgan fingerprint density at radius 1 is 1.37 bits per heavy atom. The van der Waals surface area contributed by atoms with E-state index in [1.54, 1.807) is 18.2 Å². The van der Waals surface area contributed by atoms with Crippen LogP contribution < -0.4 is 11.1 Å². The number of hydrogen-bond donors (Lipinski definition) is 2. The van der Waals surface area contributed by atoms with Crippen LogP contribution in [0.25, 0.3) is 0 Å². The molecule has 3 N–H and O–H groups in total. The quantitative estimate of drug-likeness (QED) is 0.885. The van der Waals surface area contributed by atoms with Gasteiger partial charge in [0.1, 0.15) is 0 Å². The van der Waals surface area contributed by atoms with E-state index in [1.807, 2.05) is 11.0 Å². The van der Waals surface area contributed by atoms with Crippen LogP contribution >= 0.6 is 0 Å². The molecule has 1 saturated heterocycles. The number of rotatable bonds is 3. The minimum atomic E-state index is -2.52. The number of alkyl halides is 2. The zero-order chi connectivity index (χ0) is 13.9. The van der Waals surface area contributed by atoms with E-state index >= 15 is 0 Å². The molecule has 1 heterocycles. The number of anilines is 1. The topological polar surface area (TPSA) is 58.4 Å². The van der Waals surface area contributed by atoms with Crippen molar-refractivity contribution in [2.45, 2.75) is 25.3 Å². The fraction of sp³-hybridized carbons (Fsp3) is 0.462. The average molecular weight is 269 g/mol. The number of amides is 2. The minimum Gasteiger partial charge on any atom is -0.351 e. The molecule has 4 nitrogen and oxygen atoms in total. The van der Waals surface area contributed by atoms with Crippen molar-refractivity contribution < 1.29 is 13.6 Å². The van der Waals surface area contributed by atoms with Crippen molar-refractivity contribution in [1.82, 2.24) is 4.90 Å². The number of hydrogen-bond acceptors (Lipinski definition) is 2. The van der Waals surface area contributed by atoms with E-state index in [2.05, 4.69) is 5.32 Å². The van der Waals surface area contributed by atoms with Crippen molar-refractivity contribution in [3.05, 3.63) is 29.8 Å². The molecule has 0 unspecified atom stereocenters. The first-order valence-corrected chi connectivity index (χ1v) is 6.20. The van der Waals surface area contributed by atoms with E-state index in [4.69, 9.17) is 5.73 Å². The highest BCUT2D eigenvalue weighted by Gasteiger charge is 2.33. The van der Waals surface area contributed by atoms with Gasteiger partial charge in [-0.3, -0.25) is 4.90 Å². The number of primary amides is 1. The van der Waals surface area contributed by atoms with Crippen LogP contribution in [0.4, 0.5) is 19.3 Å². The van der Waals surface area contributed by atoms with Gasteiger partial charge >= 0.3 is 6.03 Å². The zero-order valence-corrected chi connectivity index (χ0v) is 10.5. The van der Waals surface area contributed by atoms with Gasteiger partial charge in [-0.2, -0.15) is 0 Å². The Kier molecular flexibility index (Phi) is 3.99. The molecule has 0 aliphatic carbocycles. The molecule has 1 aromatic carbocycles. The van der Waals surface area contributed by atoms with E-state index in [0.717, 1.165) is 5.56 Å². The number of nitrogens with one attached hydrogen (secondary N) is 1. The molecule has 1 aromatic rings. The number of likely N-dealkylation sites (tertiary alicyclic amines) is 1. The van der Waals surface area contributed by atoms with Crippen LogP contribution in [0, 0.1) is 0 Å². The molecule has 1 aliphatic heterocycles. The lowest BCUT2D eigenvalue weighted by Gasteiger charge is -2.31.